The molecule has 248 valence electrons. The van der Waals surface area contributed by atoms with E-state index in [0.29, 0.717) is 18.3 Å². The predicted octanol–water partition coefficient (Wildman–Crippen LogP) is 4.89. The van der Waals surface area contributed by atoms with Gasteiger partial charge in [-0.3, -0.25) is 14.4 Å². The van der Waals surface area contributed by atoms with Gasteiger partial charge in [0.2, 0.25) is 0 Å². The lowest BCUT2D eigenvalue weighted by atomic mass is 9.41. The molecule has 1 aliphatic heterocycles. The molecule has 0 radical (unpaired) electrons. The number of esters is 2. The zero-order valence-corrected chi connectivity index (χ0v) is 27.9. The molecule has 9 nitrogen and oxygen atoms in total. The molecule has 3 N–H and O–H groups in total. The van der Waals surface area contributed by atoms with Gasteiger partial charge in [0.1, 0.15) is 12.5 Å². The van der Waals surface area contributed by atoms with Crippen molar-refractivity contribution in [1.82, 2.24) is 0 Å². The van der Waals surface area contributed by atoms with Gasteiger partial charge in [0.15, 0.2) is 6.10 Å². The molecule has 6 rings (SSSR count). The molecule has 0 unspecified atom stereocenters. The molecule has 5 aliphatic carbocycles. The van der Waals surface area contributed by atoms with Crippen LogP contribution >= 0.6 is 0 Å². The molecular formula is C35H54O9. The number of carboxylic acids is 1. The molecule has 0 aromatic heterocycles. The maximum Gasteiger partial charge on any atom is 0.317 e. The monoisotopic (exact) mass is 618 g/mol. The molecule has 44 heavy (non-hydrogen) atoms. The van der Waals surface area contributed by atoms with Crippen molar-refractivity contribution in [2.24, 2.45) is 50.7 Å². The van der Waals surface area contributed by atoms with E-state index in [1.165, 1.54) is 6.92 Å². The summed E-state index contributed by atoms with van der Waals surface area (Å²) in [4.78, 5) is 35.5. The van der Waals surface area contributed by atoms with Crippen LogP contribution in [-0.2, 0) is 28.6 Å². The quantitative estimate of drug-likeness (QED) is 0.280. The summed E-state index contributed by atoms with van der Waals surface area (Å²) in [5.41, 5.74) is -1.77. The van der Waals surface area contributed by atoms with Crippen LogP contribution in [0.5, 0.6) is 0 Å². The van der Waals surface area contributed by atoms with Crippen molar-refractivity contribution in [2.45, 2.75) is 149 Å². The Bertz CT molecular complexity index is 1220. The fourth-order valence-corrected chi connectivity index (χ4v) is 12.9. The lowest BCUT2D eigenvalue weighted by Crippen LogP contribution is -2.60. The number of hydrogen-bond acceptors (Lipinski definition) is 8. The summed E-state index contributed by atoms with van der Waals surface area (Å²) < 4.78 is 18.2. The maximum absolute atomic E-state index is 12.4. The highest BCUT2D eigenvalue weighted by molar-refractivity contribution is 5.90. The highest BCUT2D eigenvalue weighted by atomic mass is 16.6. The summed E-state index contributed by atoms with van der Waals surface area (Å²) in [5.74, 6) is -1.20. The average Bonchev–Trinajstić information content (AvgIpc) is 3.52. The SMILES string of the molecule is CC(=O)O[C@@H]([C@H]1C[C@@H](C)[C@H]2[C@H](O1)[C@H](O)[C@@]1(C)[C@@H]3CC[C@H]4C(C)(C)[C@@H](OC(=O)CC(=O)O)CC[C@@]45C[C@@]35CC[C@]21C)C(C)(C)O. The molecule has 0 bridgehead atoms. The van der Waals surface area contributed by atoms with E-state index in [1.807, 2.05) is 0 Å². The number of rotatable bonds is 6. The average molecular weight is 619 g/mol. The van der Waals surface area contributed by atoms with E-state index in [9.17, 15) is 24.6 Å². The van der Waals surface area contributed by atoms with Gasteiger partial charge in [0, 0.05) is 17.8 Å². The van der Waals surface area contributed by atoms with Gasteiger partial charge in [0.05, 0.1) is 23.9 Å². The largest absolute Gasteiger partial charge is 0.481 e. The van der Waals surface area contributed by atoms with Gasteiger partial charge in [0.25, 0.3) is 0 Å². The summed E-state index contributed by atoms with van der Waals surface area (Å²) in [5, 5.41) is 32.5. The van der Waals surface area contributed by atoms with Crippen molar-refractivity contribution in [2.75, 3.05) is 0 Å². The van der Waals surface area contributed by atoms with Gasteiger partial charge in [-0.1, -0.05) is 34.6 Å². The van der Waals surface area contributed by atoms with E-state index in [1.54, 1.807) is 13.8 Å². The third-order valence-electron chi connectivity index (χ3n) is 14.7. The van der Waals surface area contributed by atoms with Crippen molar-refractivity contribution < 1.29 is 43.9 Å². The summed E-state index contributed by atoms with van der Waals surface area (Å²) in [7, 11) is 0. The first-order valence-electron chi connectivity index (χ1n) is 16.9. The van der Waals surface area contributed by atoms with Gasteiger partial charge in [-0.05, 0) is 105 Å². The van der Waals surface area contributed by atoms with Gasteiger partial charge in [-0.2, -0.15) is 0 Å². The van der Waals surface area contributed by atoms with Crippen LogP contribution in [0.1, 0.15) is 113 Å². The van der Waals surface area contributed by atoms with Crippen LogP contribution in [0.3, 0.4) is 0 Å². The number of hydrogen-bond donors (Lipinski definition) is 3. The number of aliphatic hydroxyl groups is 2. The minimum atomic E-state index is -1.29. The minimum absolute atomic E-state index is 0.126. The van der Waals surface area contributed by atoms with Gasteiger partial charge in [-0.15, -0.1) is 0 Å². The zero-order chi connectivity index (χ0) is 32.4. The Labute approximate surface area is 261 Å². The van der Waals surface area contributed by atoms with Crippen molar-refractivity contribution in [3.05, 3.63) is 0 Å². The predicted molar refractivity (Wildman–Crippen MR) is 160 cm³/mol. The van der Waals surface area contributed by atoms with E-state index in [-0.39, 0.29) is 45.0 Å². The van der Waals surface area contributed by atoms with Crippen molar-refractivity contribution in [1.29, 1.82) is 0 Å². The first-order chi connectivity index (χ1) is 20.3. The number of ether oxygens (including phenoxy) is 3. The molecule has 6 aliphatic rings. The smallest absolute Gasteiger partial charge is 0.317 e. The van der Waals surface area contributed by atoms with Crippen LogP contribution in [0.4, 0.5) is 0 Å². The van der Waals surface area contributed by atoms with Crippen LogP contribution in [-0.4, -0.2) is 69.3 Å². The van der Waals surface area contributed by atoms with E-state index >= 15 is 0 Å². The summed E-state index contributed by atoms with van der Waals surface area (Å²) in [6, 6.07) is 0. The van der Waals surface area contributed by atoms with Crippen molar-refractivity contribution in [3.63, 3.8) is 0 Å². The van der Waals surface area contributed by atoms with Gasteiger partial charge < -0.3 is 29.5 Å². The van der Waals surface area contributed by atoms with Gasteiger partial charge in [-0.25, -0.2) is 0 Å². The van der Waals surface area contributed by atoms with Crippen molar-refractivity contribution in [3.8, 4) is 0 Å². The molecule has 13 atom stereocenters. The molecule has 6 fully saturated rings. The van der Waals surface area contributed by atoms with Crippen LogP contribution in [0, 0.1) is 50.7 Å². The molecule has 1 saturated heterocycles. The number of aliphatic hydroxyl groups excluding tert-OH is 1. The Morgan fingerprint density at radius 3 is 2.25 bits per heavy atom. The Hall–Kier alpha value is -1.71. The number of carbonyl (C=O) groups is 3. The number of aliphatic carboxylic acids is 1. The third kappa shape index (κ3) is 4.16. The topological polar surface area (TPSA) is 140 Å². The summed E-state index contributed by atoms with van der Waals surface area (Å²) in [6.45, 7) is 16.0. The number of carboxylic acid groups (broad SMARTS) is 1. The first kappa shape index (κ1) is 32.2. The second kappa shape index (κ2) is 9.90. The van der Waals surface area contributed by atoms with Crippen LogP contribution in [0.25, 0.3) is 0 Å². The molecule has 5 saturated carbocycles. The van der Waals surface area contributed by atoms with Crippen LogP contribution in [0.2, 0.25) is 0 Å². The molecule has 2 spiro atoms. The van der Waals surface area contributed by atoms with Gasteiger partial charge >= 0.3 is 17.9 Å². The number of carbonyl (C=O) groups excluding carboxylic acids is 2. The molecule has 0 aromatic rings. The first-order valence-corrected chi connectivity index (χ1v) is 16.9. The minimum Gasteiger partial charge on any atom is -0.481 e. The summed E-state index contributed by atoms with van der Waals surface area (Å²) in [6.07, 6.45) is 4.29. The molecule has 9 heteroatoms. The Kier molecular flexibility index (Phi) is 7.25. The second-order valence-electron chi connectivity index (χ2n) is 17.3. The van der Waals surface area contributed by atoms with E-state index < -0.39 is 54.3 Å². The Morgan fingerprint density at radius 2 is 1.64 bits per heavy atom. The standard InChI is InChI=1S/C35H54O9/c1-18-15-20(29(31(5,6)41)42-19(2)36)43-27-26(18)32(7)13-14-35-17-34(35)12-11-23(44-25(39)16-24(37)38)30(3,4)21(34)9-10-22(35)33(32,8)28(27)40/h18,20-23,26-29,40-41H,9-17H2,1-8H3,(H,37,38)/t18-,20-,21+,22+,23+,26+,27+,28+,29+,32-,33-,34-,35+/m1/s1. The zero-order valence-electron chi connectivity index (χ0n) is 27.9. The fourth-order valence-electron chi connectivity index (χ4n) is 12.9. The Morgan fingerprint density at radius 1 is 1.00 bits per heavy atom. The normalized spacial score (nSPS) is 49.2. The maximum atomic E-state index is 12.4. The fraction of sp³-hybridized carbons (Fsp3) is 0.914. The van der Waals surface area contributed by atoms with Crippen LogP contribution < -0.4 is 0 Å². The highest BCUT2D eigenvalue weighted by Crippen LogP contribution is 2.89. The lowest BCUT2D eigenvalue weighted by Gasteiger charge is -2.63. The lowest BCUT2D eigenvalue weighted by molar-refractivity contribution is -0.216. The molecule has 0 aromatic carbocycles. The Balaban J connectivity index is 1.28. The van der Waals surface area contributed by atoms with E-state index in [0.717, 1.165) is 44.9 Å². The van der Waals surface area contributed by atoms with E-state index in [2.05, 4.69) is 34.6 Å². The third-order valence-corrected chi connectivity index (χ3v) is 14.7. The van der Waals surface area contributed by atoms with E-state index in [4.69, 9.17) is 19.3 Å². The molecular weight excluding hydrogens is 564 g/mol. The second-order valence-corrected chi connectivity index (χ2v) is 17.3. The molecule has 1 heterocycles. The summed E-state index contributed by atoms with van der Waals surface area (Å²) >= 11 is 0. The van der Waals surface area contributed by atoms with Crippen molar-refractivity contribution >= 4 is 17.9 Å². The number of fused-ring (bicyclic) bond motifs is 4. The molecule has 0 amide bonds. The highest BCUT2D eigenvalue weighted by Gasteiger charge is 2.84. The van der Waals surface area contributed by atoms with Crippen LogP contribution in [0.15, 0.2) is 0 Å².